The molecule has 0 bridgehead atoms. The second-order valence-electron chi connectivity index (χ2n) is 6.38. The Labute approximate surface area is 129 Å². The summed E-state index contributed by atoms with van der Waals surface area (Å²) < 4.78 is 6.14. The van der Waals surface area contributed by atoms with Crippen LogP contribution in [0, 0.1) is 20.8 Å². The van der Waals surface area contributed by atoms with Crippen LogP contribution in [0.1, 0.15) is 55.9 Å². The molecule has 0 fully saturated rings. The molecule has 3 heteroatoms. The molecule has 0 unspecified atom stereocenters. The molecule has 0 saturated heterocycles. The summed E-state index contributed by atoms with van der Waals surface area (Å²) in [5, 5.41) is 3.62. The standard InChI is InChI=1S/C17H27NO.ClH/c1-7-8-9-18-15-11(2)12(3)16-14(13(15)4)10-17(5,6)19-16;/h18H,7-10H2,1-6H3;1H. The molecule has 0 saturated carbocycles. The van der Waals surface area contributed by atoms with Gasteiger partial charge in [0.05, 0.1) is 0 Å². The molecule has 1 aliphatic rings. The van der Waals surface area contributed by atoms with Crippen LogP contribution >= 0.6 is 12.4 Å². The average Bonchev–Trinajstić information content (AvgIpc) is 2.67. The molecule has 2 nitrogen and oxygen atoms in total. The van der Waals surface area contributed by atoms with Crippen molar-refractivity contribution in [2.45, 2.75) is 66.4 Å². The average molecular weight is 298 g/mol. The molecule has 0 spiro atoms. The molecule has 1 aromatic carbocycles. The predicted molar refractivity (Wildman–Crippen MR) is 89.7 cm³/mol. The van der Waals surface area contributed by atoms with Gasteiger partial charge in [-0.2, -0.15) is 0 Å². The highest BCUT2D eigenvalue weighted by atomic mass is 35.5. The van der Waals surface area contributed by atoms with Crippen LogP contribution in [0.25, 0.3) is 0 Å². The molecule has 0 atom stereocenters. The van der Waals surface area contributed by atoms with E-state index < -0.39 is 0 Å². The van der Waals surface area contributed by atoms with Crippen LogP contribution in [0.4, 0.5) is 5.69 Å². The molecular formula is C17H28ClNO. The van der Waals surface area contributed by atoms with Crippen molar-refractivity contribution in [3.05, 3.63) is 22.3 Å². The first-order valence-electron chi connectivity index (χ1n) is 7.43. The van der Waals surface area contributed by atoms with Crippen molar-refractivity contribution in [1.82, 2.24) is 0 Å². The summed E-state index contributed by atoms with van der Waals surface area (Å²) in [6, 6.07) is 0. The molecule has 0 aliphatic carbocycles. The normalized spacial score (nSPS) is 15.3. The van der Waals surface area contributed by atoms with Crippen molar-refractivity contribution in [3.63, 3.8) is 0 Å². The lowest BCUT2D eigenvalue weighted by molar-refractivity contribution is 0.137. The van der Waals surface area contributed by atoms with Crippen LogP contribution in [0.3, 0.4) is 0 Å². The van der Waals surface area contributed by atoms with Gasteiger partial charge in [0.15, 0.2) is 0 Å². The van der Waals surface area contributed by atoms with Gasteiger partial charge >= 0.3 is 0 Å². The Balaban J connectivity index is 0.00000200. The van der Waals surface area contributed by atoms with Gasteiger partial charge in [-0.15, -0.1) is 12.4 Å². The summed E-state index contributed by atoms with van der Waals surface area (Å²) in [7, 11) is 0. The number of nitrogens with one attached hydrogen (secondary N) is 1. The number of anilines is 1. The van der Waals surface area contributed by atoms with E-state index in [2.05, 4.69) is 46.9 Å². The monoisotopic (exact) mass is 297 g/mol. The van der Waals surface area contributed by atoms with Crippen molar-refractivity contribution >= 4 is 18.1 Å². The van der Waals surface area contributed by atoms with E-state index in [1.54, 1.807) is 0 Å². The first-order chi connectivity index (χ1) is 8.87. The van der Waals surface area contributed by atoms with Crippen molar-refractivity contribution < 1.29 is 4.74 Å². The fourth-order valence-electron chi connectivity index (χ4n) is 2.93. The number of hydrogen-bond donors (Lipinski definition) is 1. The van der Waals surface area contributed by atoms with E-state index in [0.29, 0.717) is 0 Å². The van der Waals surface area contributed by atoms with Crippen LogP contribution in [-0.2, 0) is 6.42 Å². The van der Waals surface area contributed by atoms with E-state index in [4.69, 9.17) is 4.74 Å². The Bertz CT molecular complexity index is 494. The van der Waals surface area contributed by atoms with Crippen LogP contribution < -0.4 is 10.1 Å². The molecule has 2 rings (SSSR count). The molecule has 1 aromatic rings. The maximum absolute atomic E-state index is 6.14. The highest BCUT2D eigenvalue weighted by Crippen LogP contribution is 2.44. The maximum atomic E-state index is 6.14. The highest BCUT2D eigenvalue weighted by Gasteiger charge is 2.34. The van der Waals surface area contributed by atoms with Gasteiger partial charge in [0.1, 0.15) is 11.4 Å². The topological polar surface area (TPSA) is 21.3 Å². The smallest absolute Gasteiger partial charge is 0.127 e. The first-order valence-corrected chi connectivity index (χ1v) is 7.43. The second kappa shape index (κ2) is 6.26. The zero-order valence-corrected chi connectivity index (χ0v) is 14.5. The van der Waals surface area contributed by atoms with Gasteiger partial charge in [-0.25, -0.2) is 0 Å². The third-order valence-corrected chi connectivity index (χ3v) is 4.19. The van der Waals surface area contributed by atoms with Crippen LogP contribution in [0.15, 0.2) is 0 Å². The highest BCUT2D eigenvalue weighted by molar-refractivity contribution is 5.85. The molecular weight excluding hydrogens is 270 g/mol. The van der Waals surface area contributed by atoms with Crippen LogP contribution in [0.2, 0.25) is 0 Å². The van der Waals surface area contributed by atoms with Gasteiger partial charge in [-0.3, -0.25) is 0 Å². The molecule has 20 heavy (non-hydrogen) atoms. The fraction of sp³-hybridized carbons (Fsp3) is 0.647. The van der Waals surface area contributed by atoms with Gasteiger partial charge < -0.3 is 10.1 Å². The predicted octanol–water partition coefficient (Wildman–Crippen LogP) is 4.96. The lowest BCUT2D eigenvalue weighted by Gasteiger charge is -2.19. The summed E-state index contributed by atoms with van der Waals surface area (Å²) >= 11 is 0. The Hall–Kier alpha value is -0.890. The van der Waals surface area contributed by atoms with Crippen molar-refractivity contribution in [2.24, 2.45) is 0 Å². The summed E-state index contributed by atoms with van der Waals surface area (Å²) in [6.07, 6.45) is 3.46. The molecule has 0 amide bonds. The summed E-state index contributed by atoms with van der Waals surface area (Å²) in [4.78, 5) is 0. The molecule has 114 valence electrons. The van der Waals surface area contributed by atoms with Crippen LogP contribution in [-0.4, -0.2) is 12.1 Å². The zero-order chi connectivity index (χ0) is 14.2. The van der Waals surface area contributed by atoms with E-state index in [1.165, 1.54) is 40.8 Å². The Kier molecular flexibility index (Phi) is 5.37. The SMILES string of the molecule is CCCCNc1c(C)c(C)c2c(c1C)CC(C)(C)O2.Cl. The minimum Gasteiger partial charge on any atom is -0.487 e. The molecule has 0 aromatic heterocycles. The van der Waals surface area contributed by atoms with Crippen molar-refractivity contribution in [1.29, 1.82) is 0 Å². The third-order valence-electron chi connectivity index (χ3n) is 4.19. The third kappa shape index (κ3) is 3.06. The lowest BCUT2D eigenvalue weighted by Crippen LogP contribution is -2.24. The number of hydrogen-bond acceptors (Lipinski definition) is 2. The summed E-state index contributed by atoms with van der Waals surface area (Å²) in [6.45, 7) is 14.2. The maximum Gasteiger partial charge on any atom is 0.127 e. The molecule has 1 heterocycles. The number of benzene rings is 1. The van der Waals surface area contributed by atoms with E-state index >= 15 is 0 Å². The Morgan fingerprint density at radius 1 is 1.10 bits per heavy atom. The summed E-state index contributed by atoms with van der Waals surface area (Å²) in [5.74, 6) is 1.13. The number of halogens is 1. The Morgan fingerprint density at radius 3 is 2.35 bits per heavy atom. The second-order valence-corrected chi connectivity index (χ2v) is 6.38. The van der Waals surface area contributed by atoms with E-state index in [-0.39, 0.29) is 18.0 Å². The number of ether oxygens (including phenoxy) is 1. The molecule has 1 N–H and O–H groups in total. The zero-order valence-electron chi connectivity index (χ0n) is 13.6. The van der Waals surface area contributed by atoms with Crippen LogP contribution in [0.5, 0.6) is 5.75 Å². The summed E-state index contributed by atoms with van der Waals surface area (Å²) in [5.41, 5.74) is 6.67. The quantitative estimate of drug-likeness (QED) is 0.793. The Morgan fingerprint density at radius 2 is 1.75 bits per heavy atom. The lowest BCUT2D eigenvalue weighted by atomic mass is 9.92. The minimum absolute atomic E-state index is 0. The van der Waals surface area contributed by atoms with Gasteiger partial charge in [0.2, 0.25) is 0 Å². The van der Waals surface area contributed by atoms with Crippen molar-refractivity contribution in [2.75, 3.05) is 11.9 Å². The van der Waals surface area contributed by atoms with Gasteiger partial charge in [0.25, 0.3) is 0 Å². The number of rotatable bonds is 4. The largest absolute Gasteiger partial charge is 0.487 e. The minimum atomic E-state index is -0.0632. The molecule has 0 radical (unpaired) electrons. The number of fused-ring (bicyclic) bond motifs is 1. The van der Waals surface area contributed by atoms with E-state index in [1.807, 2.05) is 0 Å². The van der Waals surface area contributed by atoms with Gasteiger partial charge in [-0.05, 0) is 57.7 Å². The fourth-order valence-corrected chi connectivity index (χ4v) is 2.93. The van der Waals surface area contributed by atoms with E-state index in [0.717, 1.165) is 18.7 Å². The molecule has 1 aliphatic heterocycles. The van der Waals surface area contributed by atoms with Crippen molar-refractivity contribution in [3.8, 4) is 5.75 Å². The van der Waals surface area contributed by atoms with Gasteiger partial charge in [0, 0.05) is 24.2 Å². The van der Waals surface area contributed by atoms with E-state index in [9.17, 15) is 0 Å². The van der Waals surface area contributed by atoms with Gasteiger partial charge in [-0.1, -0.05) is 13.3 Å². The number of unbranched alkanes of at least 4 members (excludes halogenated alkanes) is 1. The first kappa shape index (κ1) is 17.2.